The van der Waals surface area contributed by atoms with Gasteiger partial charge < -0.3 is 10.3 Å². The van der Waals surface area contributed by atoms with Crippen molar-refractivity contribution in [2.45, 2.75) is 0 Å². The molecule has 1 aromatic carbocycles. The van der Waals surface area contributed by atoms with Crippen LogP contribution in [0.5, 0.6) is 0 Å². The Labute approximate surface area is 96.5 Å². The van der Waals surface area contributed by atoms with Crippen LogP contribution >= 0.6 is 0 Å². The molecule has 0 radical (unpaired) electrons. The molecule has 0 aliphatic heterocycles. The summed E-state index contributed by atoms with van der Waals surface area (Å²) in [7, 11) is 0. The summed E-state index contributed by atoms with van der Waals surface area (Å²) < 4.78 is 5.14. The fourth-order valence-electron chi connectivity index (χ4n) is 1.50. The molecular weight excluding hydrogens is 218 g/mol. The van der Waals surface area contributed by atoms with E-state index in [0.717, 1.165) is 11.1 Å². The highest BCUT2D eigenvalue weighted by molar-refractivity contribution is 5.62. The first-order valence-electron chi connectivity index (χ1n) is 5.02. The molecule has 0 unspecified atom stereocenters. The van der Waals surface area contributed by atoms with Gasteiger partial charge in [-0.3, -0.25) is 5.10 Å². The van der Waals surface area contributed by atoms with Crippen LogP contribution in [0.4, 0.5) is 5.69 Å². The molecule has 0 bridgehead atoms. The van der Waals surface area contributed by atoms with E-state index in [4.69, 9.17) is 10.3 Å². The first-order chi connectivity index (χ1) is 8.33. The third kappa shape index (κ3) is 1.76. The molecule has 3 rings (SSSR count). The van der Waals surface area contributed by atoms with Crippen molar-refractivity contribution >= 4 is 5.69 Å². The molecule has 2 aromatic heterocycles. The van der Waals surface area contributed by atoms with E-state index in [0.29, 0.717) is 17.4 Å². The monoisotopic (exact) mass is 227 g/mol. The van der Waals surface area contributed by atoms with Gasteiger partial charge in [-0.05, 0) is 12.1 Å². The van der Waals surface area contributed by atoms with Crippen molar-refractivity contribution in [2.24, 2.45) is 0 Å². The number of anilines is 1. The van der Waals surface area contributed by atoms with Crippen molar-refractivity contribution in [3.63, 3.8) is 0 Å². The van der Waals surface area contributed by atoms with E-state index >= 15 is 0 Å². The van der Waals surface area contributed by atoms with Crippen LogP contribution in [0.3, 0.4) is 0 Å². The number of nitrogen functional groups attached to an aromatic ring is 1. The van der Waals surface area contributed by atoms with Crippen LogP contribution in [0.15, 0.2) is 41.2 Å². The highest BCUT2D eigenvalue weighted by Gasteiger charge is 2.11. The number of hydrogen-bond donors (Lipinski definition) is 2. The molecular formula is C11H9N5O. The molecule has 0 atom stereocenters. The number of H-pyrrole nitrogens is 1. The van der Waals surface area contributed by atoms with Crippen LogP contribution in [0.25, 0.3) is 22.8 Å². The molecule has 0 aliphatic rings. The Kier molecular flexibility index (Phi) is 2.11. The van der Waals surface area contributed by atoms with Crippen LogP contribution in [0.1, 0.15) is 0 Å². The van der Waals surface area contributed by atoms with Gasteiger partial charge in [-0.2, -0.15) is 10.1 Å². The second-order valence-electron chi connectivity index (χ2n) is 3.54. The number of aromatic amines is 1. The van der Waals surface area contributed by atoms with E-state index in [9.17, 15) is 0 Å². The van der Waals surface area contributed by atoms with E-state index in [-0.39, 0.29) is 0 Å². The number of nitrogens with two attached hydrogens (primary N) is 1. The largest absolute Gasteiger partial charge is 0.399 e. The van der Waals surface area contributed by atoms with E-state index in [1.807, 2.05) is 12.1 Å². The van der Waals surface area contributed by atoms with Crippen LogP contribution < -0.4 is 5.73 Å². The van der Waals surface area contributed by atoms with Gasteiger partial charge in [0, 0.05) is 17.4 Å². The average molecular weight is 227 g/mol. The number of rotatable bonds is 2. The van der Waals surface area contributed by atoms with Crippen molar-refractivity contribution in [1.29, 1.82) is 0 Å². The van der Waals surface area contributed by atoms with Gasteiger partial charge in [-0.25, -0.2) is 0 Å². The maximum atomic E-state index is 5.70. The van der Waals surface area contributed by atoms with Crippen molar-refractivity contribution in [3.8, 4) is 22.8 Å². The minimum Gasteiger partial charge on any atom is -0.399 e. The van der Waals surface area contributed by atoms with Crippen molar-refractivity contribution < 1.29 is 4.52 Å². The van der Waals surface area contributed by atoms with Gasteiger partial charge in [0.05, 0.1) is 11.8 Å². The fraction of sp³-hybridized carbons (Fsp3) is 0. The lowest BCUT2D eigenvalue weighted by Gasteiger charge is -1.95. The molecule has 6 heteroatoms. The van der Waals surface area contributed by atoms with E-state index in [1.165, 1.54) is 0 Å². The van der Waals surface area contributed by atoms with Crippen LogP contribution in [-0.4, -0.2) is 20.3 Å². The normalized spacial score (nSPS) is 10.6. The van der Waals surface area contributed by atoms with E-state index < -0.39 is 0 Å². The molecule has 17 heavy (non-hydrogen) atoms. The Balaban J connectivity index is 2.01. The standard InChI is InChI=1S/C11H9N5O/c12-9-3-1-2-7(4-9)10-15-11(17-16-10)8-5-13-14-6-8/h1-6H,12H2,(H,13,14). The zero-order chi connectivity index (χ0) is 11.7. The minimum atomic E-state index is 0.427. The molecule has 0 saturated carbocycles. The average Bonchev–Trinajstić information content (AvgIpc) is 3.00. The molecule has 6 nitrogen and oxygen atoms in total. The fourth-order valence-corrected chi connectivity index (χ4v) is 1.50. The third-order valence-electron chi connectivity index (χ3n) is 2.32. The Morgan fingerprint density at radius 3 is 2.94 bits per heavy atom. The number of nitrogens with one attached hydrogen (secondary N) is 1. The van der Waals surface area contributed by atoms with Gasteiger partial charge in [0.1, 0.15) is 0 Å². The van der Waals surface area contributed by atoms with Crippen LogP contribution in [0.2, 0.25) is 0 Å². The predicted molar refractivity (Wildman–Crippen MR) is 61.7 cm³/mol. The van der Waals surface area contributed by atoms with E-state index in [1.54, 1.807) is 24.5 Å². The Bertz CT molecular complexity index is 629. The summed E-state index contributed by atoms with van der Waals surface area (Å²) >= 11 is 0. The van der Waals surface area contributed by atoms with Gasteiger partial charge in [0.2, 0.25) is 5.82 Å². The smallest absolute Gasteiger partial charge is 0.261 e. The second-order valence-corrected chi connectivity index (χ2v) is 3.54. The summed E-state index contributed by atoms with van der Waals surface area (Å²) in [6, 6.07) is 7.32. The van der Waals surface area contributed by atoms with Gasteiger partial charge in [0.25, 0.3) is 5.89 Å². The van der Waals surface area contributed by atoms with Crippen LogP contribution in [0, 0.1) is 0 Å². The number of benzene rings is 1. The van der Waals surface area contributed by atoms with Gasteiger partial charge in [-0.1, -0.05) is 17.3 Å². The lowest BCUT2D eigenvalue weighted by atomic mass is 10.2. The predicted octanol–water partition coefficient (Wildman–Crippen LogP) is 1.71. The minimum absolute atomic E-state index is 0.427. The SMILES string of the molecule is Nc1cccc(-c2noc(-c3cn[nH]c3)n2)c1. The van der Waals surface area contributed by atoms with Gasteiger partial charge >= 0.3 is 0 Å². The first-order valence-corrected chi connectivity index (χ1v) is 5.02. The molecule has 0 amide bonds. The zero-order valence-corrected chi connectivity index (χ0v) is 8.79. The summed E-state index contributed by atoms with van der Waals surface area (Å²) in [6.07, 6.45) is 3.31. The molecule has 3 aromatic rings. The third-order valence-corrected chi connectivity index (χ3v) is 2.32. The summed E-state index contributed by atoms with van der Waals surface area (Å²) in [5.41, 5.74) is 7.94. The maximum Gasteiger partial charge on any atom is 0.261 e. The Morgan fingerprint density at radius 2 is 2.18 bits per heavy atom. The van der Waals surface area contributed by atoms with Crippen molar-refractivity contribution in [3.05, 3.63) is 36.7 Å². The van der Waals surface area contributed by atoms with Crippen molar-refractivity contribution in [2.75, 3.05) is 5.73 Å². The zero-order valence-electron chi connectivity index (χ0n) is 8.79. The lowest BCUT2D eigenvalue weighted by molar-refractivity contribution is 0.432. The first kappa shape index (κ1) is 9.59. The number of nitrogens with zero attached hydrogens (tertiary/aromatic N) is 3. The molecule has 84 valence electrons. The summed E-state index contributed by atoms with van der Waals surface area (Å²) in [4.78, 5) is 4.27. The second kappa shape index (κ2) is 3.75. The topological polar surface area (TPSA) is 93.6 Å². The molecule has 0 fully saturated rings. The Hall–Kier alpha value is -2.63. The Morgan fingerprint density at radius 1 is 1.24 bits per heavy atom. The molecule has 0 saturated heterocycles. The van der Waals surface area contributed by atoms with Crippen molar-refractivity contribution in [1.82, 2.24) is 20.3 Å². The number of aromatic nitrogens is 4. The highest BCUT2D eigenvalue weighted by atomic mass is 16.5. The quantitative estimate of drug-likeness (QED) is 0.650. The summed E-state index contributed by atoms with van der Waals surface area (Å²) in [5, 5.41) is 10.4. The van der Waals surface area contributed by atoms with E-state index in [2.05, 4.69) is 20.3 Å². The lowest BCUT2D eigenvalue weighted by Crippen LogP contribution is -1.86. The van der Waals surface area contributed by atoms with Gasteiger partial charge in [0.15, 0.2) is 0 Å². The number of hydrogen-bond acceptors (Lipinski definition) is 5. The molecule has 0 spiro atoms. The highest BCUT2D eigenvalue weighted by Crippen LogP contribution is 2.22. The van der Waals surface area contributed by atoms with Gasteiger partial charge in [-0.15, -0.1) is 0 Å². The molecule has 3 N–H and O–H groups in total. The summed E-state index contributed by atoms with van der Waals surface area (Å²) in [6.45, 7) is 0. The maximum absolute atomic E-state index is 5.70. The molecule has 2 heterocycles. The van der Waals surface area contributed by atoms with Crippen LogP contribution in [-0.2, 0) is 0 Å². The summed E-state index contributed by atoms with van der Waals surface area (Å²) in [5.74, 6) is 0.935. The molecule has 0 aliphatic carbocycles.